The Morgan fingerprint density at radius 1 is 1.33 bits per heavy atom. The number of hydrogen-bond donors (Lipinski definition) is 1. The first kappa shape index (κ1) is 18.7. The van der Waals surface area contributed by atoms with Gasteiger partial charge in [0.05, 0.1) is 5.75 Å². The van der Waals surface area contributed by atoms with Crippen molar-refractivity contribution < 1.29 is 13.2 Å². The molecule has 1 amide bonds. The monoisotopic (exact) mass is 338 g/mol. The van der Waals surface area contributed by atoms with Crippen LogP contribution in [0.15, 0.2) is 0 Å². The van der Waals surface area contributed by atoms with Gasteiger partial charge in [-0.25, -0.2) is 8.42 Å². The molecular weight excluding hydrogens is 312 g/mol. The Bertz CT molecular complexity index is 465. The molecule has 1 aliphatic carbocycles. The molecule has 0 spiro atoms. The van der Waals surface area contributed by atoms with Gasteiger partial charge in [-0.2, -0.15) is 0 Å². The average molecular weight is 339 g/mol. The molecule has 5 nitrogen and oxygen atoms in total. The number of rotatable bonds is 5. The third kappa shape index (κ3) is 5.42. The van der Waals surface area contributed by atoms with Crippen LogP contribution >= 0.6 is 12.4 Å². The lowest BCUT2D eigenvalue weighted by Crippen LogP contribution is -2.49. The summed E-state index contributed by atoms with van der Waals surface area (Å²) in [7, 11) is -3.06. The van der Waals surface area contributed by atoms with Crippen molar-refractivity contribution in [1.29, 1.82) is 0 Å². The minimum absolute atomic E-state index is 0. The maximum absolute atomic E-state index is 12.8. The molecule has 2 fully saturated rings. The van der Waals surface area contributed by atoms with Crippen LogP contribution in [0.3, 0.4) is 0 Å². The first-order valence-corrected chi connectivity index (χ1v) is 9.57. The molecule has 7 heteroatoms. The Balaban J connectivity index is 0.00000220. The van der Waals surface area contributed by atoms with Crippen LogP contribution in [-0.2, 0) is 14.6 Å². The minimum Gasteiger partial charge on any atom is -0.336 e. The summed E-state index contributed by atoms with van der Waals surface area (Å²) in [5.41, 5.74) is 0. The fourth-order valence-corrected chi connectivity index (χ4v) is 4.23. The number of carbonyl (C=O) groups is 1. The van der Waals surface area contributed by atoms with E-state index in [1.807, 2.05) is 11.8 Å². The molecule has 1 heterocycles. The molecule has 1 saturated heterocycles. The Kier molecular flexibility index (Phi) is 6.50. The summed E-state index contributed by atoms with van der Waals surface area (Å²) < 4.78 is 23.0. The quantitative estimate of drug-likeness (QED) is 0.818. The number of hydrogen-bond acceptors (Lipinski definition) is 4. The second kappa shape index (κ2) is 7.29. The number of nitrogens with zero attached hydrogens (tertiary/aromatic N) is 1. The second-order valence-corrected chi connectivity index (χ2v) is 8.68. The molecule has 124 valence electrons. The highest BCUT2D eigenvalue weighted by atomic mass is 35.5. The van der Waals surface area contributed by atoms with Crippen LogP contribution in [0.4, 0.5) is 0 Å². The Morgan fingerprint density at radius 3 is 2.43 bits per heavy atom. The molecule has 1 aliphatic heterocycles. The lowest BCUT2D eigenvalue weighted by Gasteiger charge is -2.35. The molecule has 2 rings (SSSR count). The van der Waals surface area contributed by atoms with E-state index in [9.17, 15) is 13.2 Å². The number of halogens is 1. The van der Waals surface area contributed by atoms with Crippen LogP contribution in [-0.4, -0.2) is 55.9 Å². The average Bonchev–Trinajstić information content (AvgIpc) is 3.11. The van der Waals surface area contributed by atoms with Gasteiger partial charge in [-0.05, 0) is 46.1 Å². The van der Waals surface area contributed by atoms with Crippen molar-refractivity contribution in [2.75, 3.05) is 18.6 Å². The Labute approximate surface area is 134 Å². The summed E-state index contributed by atoms with van der Waals surface area (Å²) in [6.07, 6.45) is 4.98. The first-order chi connectivity index (χ1) is 9.28. The van der Waals surface area contributed by atoms with Crippen molar-refractivity contribution >= 4 is 28.2 Å². The van der Waals surface area contributed by atoms with Crippen molar-refractivity contribution in [1.82, 2.24) is 10.2 Å². The highest BCUT2D eigenvalue weighted by Crippen LogP contribution is 2.32. The highest BCUT2D eigenvalue weighted by Gasteiger charge is 2.40. The topological polar surface area (TPSA) is 66.5 Å². The van der Waals surface area contributed by atoms with Gasteiger partial charge in [-0.3, -0.25) is 4.79 Å². The van der Waals surface area contributed by atoms with Crippen LogP contribution in [0.1, 0.15) is 39.5 Å². The van der Waals surface area contributed by atoms with E-state index in [0.29, 0.717) is 6.04 Å². The lowest BCUT2D eigenvalue weighted by molar-refractivity contribution is -0.139. The van der Waals surface area contributed by atoms with E-state index in [4.69, 9.17) is 0 Å². The van der Waals surface area contributed by atoms with Crippen LogP contribution in [0, 0.1) is 5.92 Å². The summed E-state index contributed by atoms with van der Waals surface area (Å²) in [5.74, 6) is 0.279. The van der Waals surface area contributed by atoms with E-state index < -0.39 is 9.84 Å². The fraction of sp³-hybridized carbons (Fsp3) is 0.929. The maximum Gasteiger partial charge on any atom is 0.226 e. The number of carbonyl (C=O) groups excluding carboxylic acids is 1. The van der Waals surface area contributed by atoms with E-state index in [2.05, 4.69) is 12.2 Å². The zero-order valence-corrected chi connectivity index (χ0v) is 14.7. The van der Waals surface area contributed by atoms with E-state index in [1.165, 1.54) is 6.26 Å². The third-order valence-electron chi connectivity index (χ3n) is 4.19. The predicted octanol–water partition coefficient (Wildman–Crippen LogP) is 1.22. The molecule has 2 aliphatic rings. The zero-order valence-electron chi connectivity index (χ0n) is 13.0. The fourth-order valence-electron chi connectivity index (χ4n) is 3.20. The van der Waals surface area contributed by atoms with E-state index in [0.717, 1.165) is 32.2 Å². The second-order valence-electron chi connectivity index (χ2n) is 6.49. The zero-order chi connectivity index (χ0) is 14.9. The van der Waals surface area contributed by atoms with Gasteiger partial charge in [0.2, 0.25) is 5.91 Å². The van der Waals surface area contributed by atoms with Crippen LogP contribution in [0.25, 0.3) is 0 Å². The number of nitrogens with one attached hydrogen (secondary N) is 1. The van der Waals surface area contributed by atoms with Gasteiger partial charge < -0.3 is 10.2 Å². The molecule has 0 bridgehead atoms. The Hall–Kier alpha value is -0.330. The van der Waals surface area contributed by atoms with Crippen molar-refractivity contribution in [3.05, 3.63) is 0 Å². The van der Waals surface area contributed by atoms with Crippen LogP contribution < -0.4 is 5.32 Å². The first-order valence-electron chi connectivity index (χ1n) is 7.51. The smallest absolute Gasteiger partial charge is 0.226 e. The maximum atomic E-state index is 12.8. The molecule has 0 aromatic rings. The molecule has 1 N–H and O–H groups in total. The summed E-state index contributed by atoms with van der Waals surface area (Å²) in [6.45, 7) is 4.83. The lowest BCUT2D eigenvalue weighted by atomic mass is 9.91. The normalized spacial score (nSPS) is 27.6. The van der Waals surface area contributed by atoms with Crippen molar-refractivity contribution in [3.63, 3.8) is 0 Å². The molecule has 1 unspecified atom stereocenters. The van der Waals surface area contributed by atoms with Gasteiger partial charge in [-0.15, -0.1) is 12.4 Å². The largest absolute Gasteiger partial charge is 0.336 e. The van der Waals surface area contributed by atoms with Gasteiger partial charge in [0.25, 0.3) is 0 Å². The third-order valence-corrected chi connectivity index (χ3v) is 5.27. The van der Waals surface area contributed by atoms with Crippen LogP contribution in [0.5, 0.6) is 0 Å². The predicted molar refractivity (Wildman–Crippen MR) is 86.5 cm³/mol. The van der Waals surface area contributed by atoms with Crippen molar-refractivity contribution in [2.24, 2.45) is 5.92 Å². The van der Waals surface area contributed by atoms with Gasteiger partial charge in [0, 0.05) is 30.3 Å². The van der Waals surface area contributed by atoms with E-state index >= 15 is 0 Å². The minimum atomic E-state index is -3.06. The molecule has 0 aromatic heterocycles. The molecule has 0 radical (unpaired) electrons. The van der Waals surface area contributed by atoms with Gasteiger partial charge in [-0.1, -0.05) is 0 Å². The summed E-state index contributed by atoms with van der Waals surface area (Å²) in [5, 5.41) is 3.35. The van der Waals surface area contributed by atoms with E-state index in [1.54, 1.807) is 0 Å². The van der Waals surface area contributed by atoms with Crippen LogP contribution in [0.2, 0.25) is 0 Å². The number of piperidine rings is 1. The number of amides is 1. The highest BCUT2D eigenvalue weighted by molar-refractivity contribution is 7.90. The van der Waals surface area contributed by atoms with Crippen molar-refractivity contribution in [3.8, 4) is 0 Å². The van der Waals surface area contributed by atoms with Gasteiger partial charge in [0.1, 0.15) is 9.84 Å². The molecule has 21 heavy (non-hydrogen) atoms. The van der Waals surface area contributed by atoms with Gasteiger partial charge in [0.15, 0.2) is 0 Å². The van der Waals surface area contributed by atoms with Gasteiger partial charge >= 0.3 is 0 Å². The molecule has 1 saturated carbocycles. The SMILES string of the molecule is CC(CS(C)(=O)=O)N(C(=O)[C@H]1CCN[C@@H](C)C1)C1CC1.Cl. The molecule has 3 atom stereocenters. The number of sulfone groups is 1. The Morgan fingerprint density at radius 2 is 1.95 bits per heavy atom. The summed E-state index contributed by atoms with van der Waals surface area (Å²) in [6, 6.07) is 0.420. The summed E-state index contributed by atoms with van der Waals surface area (Å²) >= 11 is 0. The van der Waals surface area contributed by atoms with Crippen molar-refractivity contribution in [2.45, 2.75) is 57.7 Å². The van der Waals surface area contributed by atoms with E-state index in [-0.39, 0.29) is 42.1 Å². The molecule has 0 aromatic carbocycles. The molecular formula is C14H27ClN2O3S. The standard InChI is InChI=1S/C14H26N2O3S.ClH/c1-10-8-12(6-7-15-10)14(17)16(13-4-5-13)11(2)9-20(3,18)19;/h10-13,15H,4-9H2,1-3H3;1H/t10-,11?,12-;/m0./s1. The summed E-state index contributed by atoms with van der Waals surface area (Å²) in [4.78, 5) is 14.6.